The number of ether oxygens (including phenoxy) is 2. The number of carbonyl (C=O) groups excluding carboxylic acids is 1. The van der Waals surface area contributed by atoms with E-state index in [4.69, 9.17) is 16.3 Å². The first-order chi connectivity index (χ1) is 12.3. The zero-order valence-corrected chi connectivity index (χ0v) is 14.0. The summed E-state index contributed by atoms with van der Waals surface area (Å²) >= 11 is 5.78. The van der Waals surface area contributed by atoms with Gasteiger partial charge in [0.05, 0.1) is 5.02 Å². The summed E-state index contributed by atoms with van der Waals surface area (Å²) in [5, 5.41) is 13.2. The minimum Gasteiger partial charge on any atom is -0.476 e. The average molecular weight is 388 g/mol. The number of nitrogens with one attached hydrogen (secondary N) is 1. The molecule has 1 N–H and O–H groups in total. The summed E-state index contributed by atoms with van der Waals surface area (Å²) in [6, 6.07) is 6.52. The lowest BCUT2D eigenvalue weighted by Gasteiger charge is -2.10. The topological polar surface area (TPSA) is 104 Å². The Balaban J connectivity index is 1.99. The van der Waals surface area contributed by atoms with Crippen molar-refractivity contribution < 1.29 is 28.0 Å². The molecule has 11 heteroatoms. The van der Waals surface area contributed by atoms with Crippen molar-refractivity contribution in [3.8, 4) is 11.5 Å². The molecule has 8 nitrogen and oxygen atoms in total. The summed E-state index contributed by atoms with van der Waals surface area (Å²) < 4.78 is 33.6. The number of hydrogen-bond donors (Lipinski definition) is 1. The van der Waals surface area contributed by atoms with E-state index >= 15 is 0 Å². The van der Waals surface area contributed by atoms with Gasteiger partial charge in [-0.1, -0.05) is 11.6 Å². The Morgan fingerprint density at radius 1 is 1.35 bits per heavy atom. The Labute approximate surface area is 150 Å². The lowest BCUT2D eigenvalue weighted by molar-refractivity contribution is -0.390. The number of rotatable bonds is 7. The smallest absolute Gasteiger partial charge is 0.406 e. The Morgan fingerprint density at radius 2 is 2.04 bits per heavy atom. The number of nitrogens with zero attached hydrogens (tertiary/aromatic N) is 2. The summed E-state index contributed by atoms with van der Waals surface area (Å²) in [7, 11) is 0. The molecule has 0 spiro atoms. The van der Waals surface area contributed by atoms with Crippen LogP contribution in [-0.4, -0.2) is 29.0 Å². The van der Waals surface area contributed by atoms with Crippen molar-refractivity contribution in [2.45, 2.75) is 13.5 Å². The van der Waals surface area contributed by atoms with E-state index in [2.05, 4.69) is 15.0 Å². The molecule has 0 aliphatic carbocycles. The van der Waals surface area contributed by atoms with Crippen molar-refractivity contribution in [1.29, 1.82) is 0 Å². The van der Waals surface area contributed by atoms with Crippen molar-refractivity contribution in [3.63, 3.8) is 0 Å². The Bertz CT molecular complexity index is 835. The average Bonchev–Trinajstić information content (AvgIpc) is 2.55. The van der Waals surface area contributed by atoms with Gasteiger partial charge in [-0.2, -0.15) is 8.78 Å². The summed E-state index contributed by atoms with van der Waals surface area (Å²) in [5.74, 6) is -1.54. The normalized spacial score (nSPS) is 10.5. The standard InChI is InChI=1S/C15H12ClF2N3O5/c1-8-2-4-12(14(19-8)21(23)24)25-7-13(22)20-9-3-5-11(10(16)6-9)26-15(17)18/h2-6,15H,7H2,1H3,(H,20,22). The number of carbonyl (C=O) groups is 1. The van der Waals surface area contributed by atoms with E-state index in [0.29, 0.717) is 5.69 Å². The first-order valence-corrected chi connectivity index (χ1v) is 7.43. The fraction of sp³-hybridized carbons (Fsp3) is 0.200. The zero-order valence-electron chi connectivity index (χ0n) is 13.2. The molecule has 26 heavy (non-hydrogen) atoms. The third-order valence-corrected chi connectivity index (χ3v) is 3.24. The fourth-order valence-corrected chi connectivity index (χ4v) is 2.11. The van der Waals surface area contributed by atoms with E-state index < -0.39 is 29.9 Å². The maximum Gasteiger partial charge on any atom is 0.406 e. The van der Waals surface area contributed by atoms with Crippen LogP contribution in [0.1, 0.15) is 5.69 Å². The second-order valence-corrected chi connectivity index (χ2v) is 5.30. The molecule has 0 unspecified atom stereocenters. The van der Waals surface area contributed by atoms with Crippen LogP contribution in [0.2, 0.25) is 5.02 Å². The van der Waals surface area contributed by atoms with Crippen LogP contribution in [0.25, 0.3) is 0 Å². The highest BCUT2D eigenvalue weighted by atomic mass is 35.5. The van der Waals surface area contributed by atoms with Gasteiger partial charge in [0.2, 0.25) is 5.75 Å². The van der Waals surface area contributed by atoms with Gasteiger partial charge in [0.25, 0.3) is 5.91 Å². The van der Waals surface area contributed by atoms with E-state index in [1.165, 1.54) is 30.3 Å². The molecule has 2 aromatic rings. The fourth-order valence-electron chi connectivity index (χ4n) is 1.88. The predicted molar refractivity (Wildman–Crippen MR) is 87.8 cm³/mol. The van der Waals surface area contributed by atoms with Crippen LogP contribution in [0.5, 0.6) is 11.5 Å². The lowest BCUT2D eigenvalue weighted by Crippen LogP contribution is -2.20. The SMILES string of the molecule is Cc1ccc(OCC(=O)Nc2ccc(OC(F)F)c(Cl)c2)c([N+](=O)[O-])n1. The van der Waals surface area contributed by atoms with Crippen LogP contribution >= 0.6 is 11.6 Å². The molecule has 0 aliphatic rings. The van der Waals surface area contributed by atoms with Gasteiger partial charge in [0.1, 0.15) is 11.4 Å². The largest absolute Gasteiger partial charge is 0.476 e. The lowest BCUT2D eigenvalue weighted by atomic mass is 10.3. The molecular weight excluding hydrogens is 376 g/mol. The van der Waals surface area contributed by atoms with E-state index in [9.17, 15) is 23.7 Å². The highest BCUT2D eigenvalue weighted by Gasteiger charge is 2.18. The van der Waals surface area contributed by atoms with Gasteiger partial charge < -0.3 is 24.9 Å². The maximum absolute atomic E-state index is 12.2. The third kappa shape index (κ3) is 5.24. The van der Waals surface area contributed by atoms with Crippen LogP contribution < -0.4 is 14.8 Å². The molecule has 1 aromatic heterocycles. The summed E-state index contributed by atoms with van der Waals surface area (Å²) in [4.78, 5) is 25.8. The third-order valence-electron chi connectivity index (χ3n) is 2.94. The summed E-state index contributed by atoms with van der Waals surface area (Å²) in [6.07, 6.45) is 0. The van der Waals surface area contributed by atoms with Crippen molar-refractivity contribution in [3.05, 3.63) is 51.2 Å². The van der Waals surface area contributed by atoms with Crippen LogP contribution in [0.15, 0.2) is 30.3 Å². The molecule has 0 saturated heterocycles. The molecule has 0 aliphatic heterocycles. The monoisotopic (exact) mass is 387 g/mol. The first-order valence-electron chi connectivity index (χ1n) is 7.05. The van der Waals surface area contributed by atoms with Crippen LogP contribution in [0.3, 0.4) is 0 Å². The first kappa shape index (κ1) is 19.3. The zero-order chi connectivity index (χ0) is 19.3. The van der Waals surface area contributed by atoms with E-state index in [1.54, 1.807) is 6.92 Å². The number of amides is 1. The van der Waals surface area contributed by atoms with Gasteiger partial charge in [0.15, 0.2) is 6.61 Å². The number of halogens is 3. The maximum atomic E-state index is 12.2. The van der Waals surface area contributed by atoms with Gasteiger partial charge in [-0.3, -0.25) is 4.79 Å². The van der Waals surface area contributed by atoms with Crippen LogP contribution in [-0.2, 0) is 4.79 Å². The summed E-state index contributed by atoms with van der Waals surface area (Å²) in [5.41, 5.74) is 0.635. The van der Waals surface area contributed by atoms with Gasteiger partial charge in [-0.15, -0.1) is 0 Å². The quantitative estimate of drug-likeness (QED) is 0.575. The molecule has 0 radical (unpaired) electrons. The second kappa shape index (κ2) is 8.39. The highest BCUT2D eigenvalue weighted by Crippen LogP contribution is 2.29. The molecular formula is C15H12ClF2N3O5. The second-order valence-electron chi connectivity index (χ2n) is 4.89. The molecule has 1 aromatic carbocycles. The number of pyridine rings is 1. The van der Waals surface area contributed by atoms with Gasteiger partial charge >= 0.3 is 12.4 Å². The van der Waals surface area contributed by atoms with Gasteiger partial charge in [0, 0.05) is 12.6 Å². The number of nitro groups is 1. The molecule has 2 rings (SSSR count). The number of anilines is 1. The minimum atomic E-state index is -3.03. The molecule has 0 saturated carbocycles. The molecule has 0 bridgehead atoms. The van der Waals surface area contributed by atoms with Crippen LogP contribution in [0.4, 0.5) is 20.3 Å². The molecule has 0 atom stereocenters. The van der Waals surface area contributed by atoms with E-state index in [-0.39, 0.29) is 22.2 Å². The van der Waals surface area contributed by atoms with Crippen molar-refractivity contribution in [2.24, 2.45) is 0 Å². The Morgan fingerprint density at radius 3 is 2.65 bits per heavy atom. The van der Waals surface area contributed by atoms with Crippen molar-refractivity contribution >= 4 is 29.0 Å². The van der Waals surface area contributed by atoms with Crippen molar-refractivity contribution in [1.82, 2.24) is 4.98 Å². The van der Waals surface area contributed by atoms with Gasteiger partial charge in [-0.25, -0.2) is 0 Å². The molecule has 138 valence electrons. The minimum absolute atomic E-state index is 0.123. The molecule has 1 amide bonds. The Kier molecular flexibility index (Phi) is 6.23. The Hall–Kier alpha value is -3.01. The molecule has 1 heterocycles. The predicted octanol–water partition coefficient (Wildman–Crippen LogP) is 3.57. The van der Waals surface area contributed by atoms with Gasteiger partial charge in [-0.05, 0) is 40.2 Å². The number of aromatic nitrogens is 1. The van der Waals surface area contributed by atoms with Crippen LogP contribution in [0, 0.1) is 17.0 Å². The van der Waals surface area contributed by atoms with E-state index in [1.807, 2.05) is 0 Å². The number of alkyl halides is 2. The number of benzene rings is 1. The summed E-state index contributed by atoms with van der Waals surface area (Å²) in [6.45, 7) is -1.98. The van der Waals surface area contributed by atoms with E-state index in [0.717, 1.165) is 0 Å². The number of hydrogen-bond acceptors (Lipinski definition) is 6. The molecule has 0 fully saturated rings. The highest BCUT2D eigenvalue weighted by molar-refractivity contribution is 6.32. The van der Waals surface area contributed by atoms with Crippen molar-refractivity contribution in [2.75, 3.05) is 11.9 Å². The number of aryl methyl sites for hydroxylation is 1.